The molecule has 3 unspecified atom stereocenters. The van der Waals surface area contributed by atoms with E-state index >= 15 is 0 Å². The first-order valence-corrected chi connectivity index (χ1v) is 14.9. The average Bonchev–Trinajstić information content (AvgIpc) is 3.21. The minimum Gasteiger partial charge on any atom is -0.596 e. The Morgan fingerprint density at radius 2 is 1.97 bits per heavy atom. The van der Waals surface area contributed by atoms with Gasteiger partial charge in [-0.2, -0.15) is 0 Å². The van der Waals surface area contributed by atoms with E-state index in [9.17, 15) is 9.90 Å². The summed E-state index contributed by atoms with van der Waals surface area (Å²) in [5, 5.41) is 12.8. The van der Waals surface area contributed by atoms with Crippen LogP contribution in [0.4, 0.5) is 0 Å². The van der Waals surface area contributed by atoms with Gasteiger partial charge in [0.1, 0.15) is 11.8 Å². The molecule has 2 bridgehead atoms. The second-order valence-electron chi connectivity index (χ2n) is 11.6. The third-order valence-corrected chi connectivity index (χ3v) is 9.34. The number of rotatable bonds is 11. The Morgan fingerprint density at radius 1 is 1.13 bits per heavy atom. The summed E-state index contributed by atoms with van der Waals surface area (Å²) >= 11 is 0. The highest BCUT2D eigenvalue weighted by molar-refractivity contribution is 5.72. The molecule has 0 saturated heterocycles. The van der Waals surface area contributed by atoms with Crippen molar-refractivity contribution >= 4 is 12.1 Å². The summed E-state index contributed by atoms with van der Waals surface area (Å²) in [6, 6.07) is 16.1. The van der Waals surface area contributed by atoms with E-state index in [2.05, 4.69) is 24.0 Å². The second kappa shape index (κ2) is 12.4. The lowest BCUT2D eigenvalue weighted by molar-refractivity contribution is -0.252. The van der Waals surface area contributed by atoms with E-state index in [4.69, 9.17) is 14.2 Å². The zero-order valence-electron chi connectivity index (χ0n) is 23.4. The number of hydrogen-bond donors (Lipinski definition) is 0. The van der Waals surface area contributed by atoms with Crippen molar-refractivity contribution in [2.24, 2.45) is 22.7 Å². The van der Waals surface area contributed by atoms with Crippen LogP contribution in [0.25, 0.3) is 0 Å². The zero-order chi connectivity index (χ0) is 27.2. The molecule has 2 aromatic rings. The Morgan fingerprint density at radius 3 is 2.77 bits per heavy atom. The summed E-state index contributed by atoms with van der Waals surface area (Å²) < 4.78 is 17.0. The van der Waals surface area contributed by atoms with Gasteiger partial charge in [0.2, 0.25) is 6.79 Å². The fourth-order valence-corrected chi connectivity index (χ4v) is 7.43. The highest BCUT2D eigenvalue weighted by Crippen LogP contribution is 2.61. The molecule has 6 nitrogen and oxygen atoms in total. The van der Waals surface area contributed by atoms with Crippen LogP contribution < -0.4 is 9.84 Å². The summed E-state index contributed by atoms with van der Waals surface area (Å²) in [6.45, 7) is 4.35. The minimum atomic E-state index is -0.448. The highest BCUT2D eigenvalue weighted by Gasteiger charge is 2.57. The molecule has 5 atom stereocenters. The molecule has 0 heterocycles. The Labute approximate surface area is 232 Å². The summed E-state index contributed by atoms with van der Waals surface area (Å²) in [4.78, 5) is 17.2. The molecule has 2 aromatic carbocycles. The van der Waals surface area contributed by atoms with Crippen molar-refractivity contribution in [1.82, 2.24) is 0 Å². The van der Waals surface area contributed by atoms with E-state index in [1.165, 1.54) is 24.0 Å². The monoisotopic (exact) mass is 532 g/mol. The van der Waals surface area contributed by atoms with Gasteiger partial charge in [-0.1, -0.05) is 75.9 Å². The van der Waals surface area contributed by atoms with E-state index in [0.717, 1.165) is 62.7 Å². The molecular weight excluding hydrogens is 490 g/mol. The van der Waals surface area contributed by atoms with Crippen molar-refractivity contribution in [3.63, 3.8) is 0 Å². The average molecular weight is 533 g/mol. The maximum Gasteiger partial charge on any atom is 0.311 e. The predicted molar refractivity (Wildman–Crippen MR) is 149 cm³/mol. The SMILES string of the molecule is CCCCC(CC)C(=O)OCOc1ccc2c(c1)[C@]13CCCC[C@@H]1C(N=C([O-])OCc1ccccc1)C(C2)C3. The van der Waals surface area contributed by atoms with Crippen LogP contribution in [-0.2, 0) is 32.7 Å². The topological polar surface area (TPSA) is 80.2 Å². The molecule has 0 amide bonds. The van der Waals surface area contributed by atoms with Crippen molar-refractivity contribution < 1.29 is 24.1 Å². The van der Waals surface area contributed by atoms with E-state index in [1.54, 1.807) is 0 Å². The van der Waals surface area contributed by atoms with Crippen molar-refractivity contribution in [2.75, 3.05) is 6.79 Å². The number of nitrogens with zero attached hydrogens (tertiary/aromatic N) is 1. The van der Waals surface area contributed by atoms with Crippen LogP contribution in [0, 0.1) is 17.8 Å². The van der Waals surface area contributed by atoms with E-state index in [1.807, 2.05) is 43.3 Å². The van der Waals surface area contributed by atoms with Crippen LogP contribution in [-0.4, -0.2) is 24.9 Å². The standard InChI is InChI=1S/C33H43NO5/c1-3-5-13-24(4-2)31(35)39-22-38-27-16-15-25-18-26-20-33(29(25)19-27)17-10-9-14-28(33)30(26)34-32(36)37-21-23-11-7-6-8-12-23/h6-8,11-12,15-16,19,24,26,28,30H,3-5,9-10,13-14,17-18,20-22H2,1-2H3,(H,34,36)/p-1/t24?,26?,28-,30?,33+/m1/s1. The quantitative estimate of drug-likeness (QED) is 0.151. The van der Waals surface area contributed by atoms with Gasteiger partial charge in [0.25, 0.3) is 0 Å². The van der Waals surface area contributed by atoms with Crippen molar-refractivity contribution in [1.29, 1.82) is 0 Å². The fourth-order valence-electron chi connectivity index (χ4n) is 7.43. The first-order chi connectivity index (χ1) is 19.0. The van der Waals surface area contributed by atoms with Crippen molar-refractivity contribution in [3.05, 3.63) is 65.2 Å². The third kappa shape index (κ3) is 5.95. The number of aliphatic imine (C=N–C) groups is 1. The summed E-state index contributed by atoms with van der Waals surface area (Å²) in [7, 11) is 0. The zero-order valence-corrected chi connectivity index (χ0v) is 23.4. The van der Waals surface area contributed by atoms with Gasteiger partial charge in [0.15, 0.2) is 0 Å². The largest absolute Gasteiger partial charge is 0.596 e. The molecule has 0 aliphatic heterocycles. The molecule has 0 radical (unpaired) electrons. The van der Waals surface area contributed by atoms with E-state index in [0.29, 0.717) is 11.8 Å². The lowest BCUT2D eigenvalue weighted by atomic mass is 9.61. The molecule has 0 N–H and O–H groups in total. The van der Waals surface area contributed by atoms with Crippen LogP contribution in [0.3, 0.4) is 0 Å². The molecule has 210 valence electrons. The summed E-state index contributed by atoms with van der Waals surface area (Å²) in [5.74, 6) is 1.19. The molecule has 5 rings (SSSR count). The molecule has 39 heavy (non-hydrogen) atoms. The van der Waals surface area contributed by atoms with Crippen LogP contribution in [0.5, 0.6) is 5.75 Å². The molecule has 2 saturated carbocycles. The third-order valence-electron chi connectivity index (χ3n) is 9.34. The fraction of sp³-hybridized carbons (Fsp3) is 0.576. The lowest BCUT2D eigenvalue weighted by Crippen LogP contribution is -2.38. The van der Waals surface area contributed by atoms with Crippen molar-refractivity contribution in [2.45, 2.75) is 96.1 Å². The highest BCUT2D eigenvalue weighted by atomic mass is 16.7. The van der Waals surface area contributed by atoms with Gasteiger partial charge in [-0.3, -0.25) is 9.79 Å². The molecular formula is C33H42NO5-. The molecule has 3 aliphatic rings. The first-order valence-electron chi connectivity index (χ1n) is 14.9. The Kier molecular flexibility index (Phi) is 8.79. The van der Waals surface area contributed by atoms with Gasteiger partial charge in [0, 0.05) is 12.0 Å². The number of ether oxygens (including phenoxy) is 3. The molecule has 0 aromatic heterocycles. The van der Waals surface area contributed by atoms with Crippen LogP contribution in [0.2, 0.25) is 0 Å². The number of esters is 1. The molecule has 2 fully saturated rings. The van der Waals surface area contributed by atoms with Crippen LogP contribution >= 0.6 is 0 Å². The smallest absolute Gasteiger partial charge is 0.311 e. The van der Waals surface area contributed by atoms with Crippen molar-refractivity contribution in [3.8, 4) is 5.75 Å². The molecule has 6 heteroatoms. The number of unbranched alkanes of at least 4 members (excludes halogenated alkanes) is 1. The first kappa shape index (κ1) is 27.5. The van der Waals surface area contributed by atoms with Gasteiger partial charge in [-0.15, -0.1) is 0 Å². The normalized spacial score (nSPS) is 26.3. The minimum absolute atomic E-state index is 0.0135. The Balaban J connectivity index is 1.27. The lowest BCUT2D eigenvalue weighted by Gasteiger charge is -2.43. The number of fused-ring (bicyclic) bond motifs is 2. The maximum absolute atomic E-state index is 12.8. The van der Waals surface area contributed by atoms with Gasteiger partial charge in [-0.25, -0.2) is 0 Å². The number of carbonyl (C=O) groups is 1. The molecule has 3 aliphatic carbocycles. The van der Waals surface area contributed by atoms with Crippen LogP contribution in [0.1, 0.15) is 88.3 Å². The number of hydrogen-bond acceptors (Lipinski definition) is 6. The molecule has 1 spiro atoms. The van der Waals surface area contributed by atoms with Gasteiger partial charge in [-0.05, 0) is 79.2 Å². The van der Waals surface area contributed by atoms with Gasteiger partial charge in [0.05, 0.1) is 12.0 Å². The van der Waals surface area contributed by atoms with Gasteiger partial charge >= 0.3 is 5.97 Å². The second-order valence-corrected chi connectivity index (χ2v) is 11.6. The summed E-state index contributed by atoms with van der Waals surface area (Å²) in [5.41, 5.74) is 3.67. The van der Waals surface area contributed by atoms with E-state index in [-0.39, 0.29) is 36.7 Å². The van der Waals surface area contributed by atoms with Crippen LogP contribution in [0.15, 0.2) is 53.5 Å². The number of carbonyl (C=O) groups excluding carboxylic acids is 1. The van der Waals surface area contributed by atoms with Gasteiger partial charge < -0.3 is 19.3 Å². The maximum atomic E-state index is 12.8. The Bertz CT molecular complexity index is 1150. The van der Waals surface area contributed by atoms with E-state index < -0.39 is 6.08 Å². The summed E-state index contributed by atoms with van der Waals surface area (Å²) in [6.07, 6.45) is 9.82. The number of benzene rings is 2. The predicted octanol–water partition coefficient (Wildman–Crippen LogP) is 6.09. The Hall–Kier alpha value is -3.02.